The minimum atomic E-state index is -1.56. The van der Waals surface area contributed by atoms with Crippen molar-refractivity contribution in [3.63, 3.8) is 0 Å². The molecule has 1 N–H and O–H groups in total. The summed E-state index contributed by atoms with van der Waals surface area (Å²) in [4.78, 5) is 0.894. The first kappa shape index (κ1) is 27.3. The highest BCUT2D eigenvalue weighted by atomic mass is 32.2. The Bertz CT molecular complexity index is 548. The van der Waals surface area contributed by atoms with Crippen LogP contribution in [-0.2, 0) is 23.7 Å². The molecular weight excluding hydrogens is 411 g/mol. The standard InChI is InChI=1S/C22H37FO6S/c1-7-17(25-5)18(24)22(28-9-3)29-15(4)19(26-6)20(21(23)27-8-2)30-16-13-11-10-12-14-16/h10-15,17-22,24H,7-9H2,1-6H3. The lowest BCUT2D eigenvalue weighted by Crippen LogP contribution is -2.48. The van der Waals surface area contributed by atoms with Gasteiger partial charge in [0, 0.05) is 32.3 Å². The van der Waals surface area contributed by atoms with Crippen molar-refractivity contribution in [3.05, 3.63) is 30.3 Å². The highest BCUT2D eigenvalue weighted by Gasteiger charge is 2.38. The van der Waals surface area contributed by atoms with E-state index in [0.29, 0.717) is 13.0 Å². The van der Waals surface area contributed by atoms with Crippen LogP contribution in [0.3, 0.4) is 0 Å². The largest absolute Gasteiger partial charge is 0.385 e. The molecule has 6 nitrogen and oxygen atoms in total. The summed E-state index contributed by atoms with van der Waals surface area (Å²) >= 11 is 1.33. The Morgan fingerprint density at radius 1 is 1.00 bits per heavy atom. The number of methoxy groups -OCH3 is 2. The minimum absolute atomic E-state index is 0.241. The van der Waals surface area contributed by atoms with Crippen LogP contribution in [0.2, 0.25) is 0 Å². The maximum atomic E-state index is 15.0. The Morgan fingerprint density at radius 3 is 2.13 bits per heavy atom. The van der Waals surface area contributed by atoms with Gasteiger partial charge in [0.05, 0.1) is 17.5 Å². The fourth-order valence-electron chi connectivity index (χ4n) is 3.17. The Morgan fingerprint density at radius 2 is 1.63 bits per heavy atom. The molecule has 7 atom stereocenters. The zero-order chi connectivity index (χ0) is 22.5. The maximum Gasteiger partial charge on any atom is 0.213 e. The summed E-state index contributed by atoms with van der Waals surface area (Å²) < 4.78 is 42.8. The number of halogens is 1. The van der Waals surface area contributed by atoms with Gasteiger partial charge in [0.15, 0.2) is 6.29 Å². The van der Waals surface area contributed by atoms with Crippen molar-refractivity contribution in [2.24, 2.45) is 0 Å². The first-order valence-electron chi connectivity index (χ1n) is 10.4. The average Bonchev–Trinajstić information content (AvgIpc) is 2.75. The summed E-state index contributed by atoms with van der Waals surface area (Å²) in [6.45, 7) is 7.83. The van der Waals surface area contributed by atoms with Crippen molar-refractivity contribution in [1.82, 2.24) is 0 Å². The van der Waals surface area contributed by atoms with Crippen molar-refractivity contribution in [2.45, 2.75) is 81.3 Å². The number of aliphatic hydroxyl groups excluding tert-OH is 1. The van der Waals surface area contributed by atoms with Gasteiger partial charge >= 0.3 is 0 Å². The van der Waals surface area contributed by atoms with Gasteiger partial charge in [0.25, 0.3) is 0 Å². The average molecular weight is 449 g/mol. The molecule has 0 bridgehead atoms. The van der Waals surface area contributed by atoms with Crippen molar-refractivity contribution < 1.29 is 33.2 Å². The van der Waals surface area contributed by atoms with Crippen LogP contribution >= 0.6 is 11.8 Å². The van der Waals surface area contributed by atoms with Crippen LogP contribution in [0.1, 0.15) is 34.1 Å². The molecule has 1 aromatic rings. The number of ether oxygens (including phenoxy) is 5. The summed E-state index contributed by atoms with van der Waals surface area (Å²) in [6, 6.07) is 9.51. The van der Waals surface area contributed by atoms with Crippen LogP contribution in [0.25, 0.3) is 0 Å². The number of benzene rings is 1. The third-order valence-corrected chi connectivity index (χ3v) is 6.00. The fourth-order valence-corrected chi connectivity index (χ4v) is 4.45. The van der Waals surface area contributed by atoms with Crippen LogP contribution in [-0.4, -0.2) is 74.9 Å². The Hall–Kier alpha value is -0.740. The van der Waals surface area contributed by atoms with Crippen LogP contribution in [0.5, 0.6) is 0 Å². The van der Waals surface area contributed by atoms with E-state index in [2.05, 4.69) is 0 Å². The van der Waals surface area contributed by atoms with Gasteiger partial charge in [-0.15, -0.1) is 11.8 Å². The van der Waals surface area contributed by atoms with E-state index in [-0.39, 0.29) is 6.61 Å². The van der Waals surface area contributed by atoms with E-state index in [1.165, 1.54) is 26.0 Å². The summed E-state index contributed by atoms with van der Waals surface area (Å²) in [7, 11) is 3.04. The van der Waals surface area contributed by atoms with Crippen molar-refractivity contribution in [2.75, 3.05) is 27.4 Å². The molecule has 7 unspecified atom stereocenters. The molecule has 0 amide bonds. The smallest absolute Gasteiger partial charge is 0.213 e. The number of aliphatic hydroxyl groups is 1. The van der Waals surface area contributed by atoms with Gasteiger partial charge in [-0.05, 0) is 39.3 Å². The number of thioether (sulfide) groups is 1. The topological polar surface area (TPSA) is 66.4 Å². The lowest BCUT2D eigenvalue weighted by Gasteiger charge is -2.36. The molecule has 8 heteroatoms. The molecule has 0 aliphatic heterocycles. The van der Waals surface area contributed by atoms with Gasteiger partial charge < -0.3 is 28.8 Å². The molecule has 0 aromatic heterocycles. The van der Waals surface area contributed by atoms with Crippen molar-refractivity contribution >= 4 is 11.8 Å². The molecule has 0 aliphatic carbocycles. The third-order valence-electron chi connectivity index (χ3n) is 4.70. The number of alkyl halides is 1. The molecule has 0 spiro atoms. The lowest BCUT2D eigenvalue weighted by atomic mass is 10.1. The fraction of sp³-hybridized carbons (Fsp3) is 0.727. The first-order chi connectivity index (χ1) is 14.4. The molecule has 0 saturated heterocycles. The molecule has 0 heterocycles. The van der Waals surface area contributed by atoms with E-state index >= 15 is 0 Å². The molecule has 1 rings (SSSR count). The van der Waals surface area contributed by atoms with Crippen LogP contribution in [0.4, 0.5) is 4.39 Å². The predicted molar refractivity (Wildman–Crippen MR) is 116 cm³/mol. The Kier molecular flexibility index (Phi) is 13.8. The summed E-state index contributed by atoms with van der Waals surface area (Å²) in [5, 5.41) is 9.97. The van der Waals surface area contributed by atoms with Crippen LogP contribution in [0, 0.1) is 0 Å². The predicted octanol–water partition coefficient (Wildman–Crippen LogP) is 4.05. The summed E-state index contributed by atoms with van der Waals surface area (Å²) in [6.07, 6.45) is -4.58. The van der Waals surface area contributed by atoms with Crippen molar-refractivity contribution in [1.29, 1.82) is 0 Å². The van der Waals surface area contributed by atoms with Crippen molar-refractivity contribution in [3.8, 4) is 0 Å². The number of rotatable bonds is 16. The summed E-state index contributed by atoms with van der Waals surface area (Å²) in [5.74, 6) is 0. The monoisotopic (exact) mass is 448 g/mol. The molecule has 0 aliphatic rings. The van der Waals surface area contributed by atoms with E-state index in [4.69, 9.17) is 23.7 Å². The van der Waals surface area contributed by atoms with E-state index in [0.717, 1.165) is 4.90 Å². The number of hydrogen-bond donors (Lipinski definition) is 1. The van der Waals surface area contributed by atoms with E-state index < -0.39 is 42.3 Å². The van der Waals surface area contributed by atoms with Gasteiger partial charge in [0.2, 0.25) is 6.36 Å². The first-order valence-corrected chi connectivity index (χ1v) is 11.3. The third kappa shape index (κ3) is 8.42. The maximum absolute atomic E-state index is 15.0. The second-order valence-electron chi connectivity index (χ2n) is 6.74. The molecule has 0 saturated carbocycles. The Labute approximate surface area is 184 Å². The quantitative estimate of drug-likeness (QED) is 0.302. The van der Waals surface area contributed by atoms with Gasteiger partial charge in [-0.25, -0.2) is 4.39 Å². The SMILES string of the molecule is CCOC(F)C(Sc1ccccc1)C(OC)C(C)OC(OCC)C(O)C(CC)OC. The van der Waals surface area contributed by atoms with E-state index in [1.807, 2.05) is 44.2 Å². The minimum Gasteiger partial charge on any atom is -0.385 e. The molecule has 30 heavy (non-hydrogen) atoms. The Balaban J connectivity index is 3.02. The van der Waals surface area contributed by atoms with Gasteiger partial charge in [-0.1, -0.05) is 25.1 Å². The zero-order valence-corrected chi connectivity index (χ0v) is 19.6. The number of hydrogen-bond acceptors (Lipinski definition) is 7. The second kappa shape index (κ2) is 15.1. The second-order valence-corrected chi connectivity index (χ2v) is 7.99. The van der Waals surface area contributed by atoms with Crippen LogP contribution < -0.4 is 0 Å². The van der Waals surface area contributed by atoms with Gasteiger partial charge in [-0.3, -0.25) is 0 Å². The lowest BCUT2D eigenvalue weighted by molar-refractivity contribution is -0.248. The molecule has 0 fully saturated rings. The van der Waals surface area contributed by atoms with Gasteiger partial charge in [0.1, 0.15) is 12.2 Å². The molecular formula is C22H37FO6S. The highest BCUT2D eigenvalue weighted by Crippen LogP contribution is 2.33. The summed E-state index contributed by atoms with van der Waals surface area (Å²) in [5.41, 5.74) is 0. The van der Waals surface area contributed by atoms with E-state index in [9.17, 15) is 9.50 Å². The zero-order valence-electron chi connectivity index (χ0n) is 18.8. The van der Waals surface area contributed by atoms with Crippen LogP contribution in [0.15, 0.2) is 35.2 Å². The molecule has 1 aromatic carbocycles. The highest BCUT2D eigenvalue weighted by molar-refractivity contribution is 8.00. The molecule has 174 valence electrons. The van der Waals surface area contributed by atoms with Gasteiger partial charge in [-0.2, -0.15) is 0 Å². The molecule has 0 radical (unpaired) electrons. The van der Waals surface area contributed by atoms with E-state index in [1.54, 1.807) is 13.8 Å². The normalized spacial score (nSPS) is 18.9.